The summed E-state index contributed by atoms with van der Waals surface area (Å²) in [5, 5.41) is 8.76. The van der Waals surface area contributed by atoms with Crippen LogP contribution in [0.15, 0.2) is 42.1 Å². The second-order valence-electron chi connectivity index (χ2n) is 8.07. The Bertz CT molecular complexity index is 1260. The topological polar surface area (TPSA) is 108 Å². The van der Waals surface area contributed by atoms with Crippen LogP contribution < -0.4 is 9.47 Å². The van der Waals surface area contributed by atoms with E-state index in [-0.39, 0.29) is 12.4 Å². The summed E-state index contributed by atoms with van der Waals surface area (Å²) in [5.41, 5.74) is 1.98. The van der Waals surface area contributed by atoms with Crippen LogP contribution in [0.4, 0.5) is 0 Å². The van der Waals surface area contributed by atoms with Gasteiger partial charge in [0.25, 0.3) is 0 Å². The minimum Gasteiger partial charge on any atom is -0.485 e. The number of rotatable bonds is 9. The second kappa shape index (κ2) is 10.4. The number of aromatic nitrogens is 4. The van der Waals surface area contributed by atoms with Gasteiger partial charge in [0.05, 0.1) is 23.1 Å². The third-order valence-electron chi connectivity index (χ3n) is 5.67. The van der Waals surface area contributed by atoms with E-state index in [4.69, 9.17) is 14.2 Å². The first-order valence-corrected chi connectivity index (χ1v) is 12.2. The first-order valence-electron chi connectivity index (χ1n) is 11.3. The number of carbonyl (C=O) groups excluding carboxylic acids is 2. The van der Waals surface area contributed by atoms with E-state index in [2.05, 4.69) is 21.8 Å². The zero-order chi connectivity index (χ0) is 25.1. The van der Waals surface area contributed by atoms with E-state index >= 15 is 0 Å². The molecule has 1 N–H and O–H groups in total. The van der Waals surface area contributed by atoms with Crippen molar-refractivity contribution in [1.82, 2.24) is 19.7 Å². The number of hydrogen-bond donors (Lipinski definition) is 1. The van der Waals surface area contributed by atoms with Gasteiger partial charge in [0.1, 0.15) is 6.61 Å². The Morgan fingerprint density at radius 1 is 1.31 bits per heavy atom. The molecule has 4 rings (SSSR count). The number of thioether (sulfide) groups is 1. The van der Waals surface area contributed by atoms with E-state index in [9.17, 15) is 9.59 Å². The van der Waals surface area contributed by atoms with Crippen LogP contribution in [-0.4, -0.2) is 50.0 Å². The van der Waals surface area contributed by atoms with Crippen LogP contribution in [0.2, 0.25) is 0 Å². The number of Topliss-reactive ketones (excluding diaryl/α,β-unsaturated/α-hetero) is 1. The van der Waals surface area contributed by atoms with Crippen molar-refractivity contribution < 1.29 is 23.8 Å². The fraction of sp³-hybridized carbons (Fsp3) is 0.360. The summed E-state index contributed by atoms with van der Waals surface area (Å²) < 4.78 is 19.0. The number of nitrogens with one attached hydrogen (secondary N) is 1. The summed E-state index contributed by atoms with van der Waals surface area (Å²) in [5.74, 6) is 1.34. The number of esters is 1. The molecule has 1 aromatic carbocycles. The highest BCUT2D eigenvalue weighted by Crippen LogP contribution is 2.36. The normalized spacial score (nSPS) is 15.5. The predicted molar refractivity (Wildman–Crippen MR) is 131 cm³/mol. The van der Waals surface area contributed by atoms with E-state index in [0.717, 1.165) is 0 Å². The lowest BCUT2D eigenvalue weighted by molar-refractivity contribution is 0.0525. The predicted octanol–water partition coefficient (Wildman–Crippen LogP) is 4.46. The first kappa shape index (κ1) is 24.6. The van der Waals surface area contributed by atoms with E-state index in [1.54, 1.807) is 33.8 Å². The van der Waals surface area contributed by atoms with Crippen molar-refractivity contribution in [3.63, 3.8) is 0 Å². The molecule has 1 aliphatic heterocycles. The highest BCUT2D eigenvalue weighted by atomic mass is 32.2. The maximum Gasteiger partial charge on any atom is 0.340 e. The van der Waals surface area contributed by atoms with Gasteiger partial charge in [-0.15, -0.1) is 16.8 Å². The highest BCUT2D eigenvalue weighted by Gasteiger charge is 2.31. The smallest absolute Gasteiger partial charge is 0.340 e. The summed E-state index contributed by atoms with van der Waals surface area (Å²) in [4.78, 5) is 28.7. The number of para-hydroxylation sites is 2. The number of H-pyrrole nitrogens is 1. The van der Waals surface area contributed by atoms with E-state index in [1.165, 1.54) is 11.8 Å². The lowest BCUT2D eigenvalue weighted by atomic mass is 10.1. The van der Waals surface area contributed by atoms with E-state index in [0.29, 0.717) is 58.1 Å². The van der Waals surface area contributed by atoms with Crippen molar-refractivity contribution >= 4 is 23.5 Å². The summed E-state index contributed by atoms with van der Waals surface area (Å²) in [6.07, 6.45) is 1.30. The van der Waals surface area contributed by atoms with Gasteiger partial charge in [-0.05, 0) is 45.4 Å². The number of aryl methyl sites for hydroxylation is 1. The van der Waals surface area contributed by atoms with Crippen LogP contribution in [0.5, 0.6) is 11.5 Å². The molecule has 2 atom stereocenters. The van der Waals surface area contributed by atoms with Crippen molar-refractivity contribution in [2.75, 3.05) is 13.2 Å². The van der Waals surface area contributed by atoms with Crippen molar-refractivity contribution in [2.24, 2.45) is 0 Å². The molecule has 0 radical (unpaired) electrons. The molecule has 0 amide bonds. The van der Waals surface area contributed by atoms with Crippen molar-refractivity contribution in [2.45, 2.75) is 50.8 Å². The standard InChI is InChI=1S/C25H28N4O5S/c1-6-12-29-23(19-13-33-17-10-8-9-11-18(17)34-19)27-28-25(29)35-16(5)22(30)21-14(3)20(15(4)26-21)24(31)32-7-2/h6,8-11,16,19,26H,1,7,12-13H2,2-5H3. The largest absolute Gasteiger partial charge is 0.485 e. The number of ketones is 1. The molecular formula is C25H28N4O5S. The Balaban J connectivity index is 1.55. The summed E-state index contributed by atoms with van der Waals surface area (Å²) in [6, 6.07) is 7.47. The fourth-order valence-corrected chi connectivity index (χ4v) is 4.92. The first-order chi connectivity index (χ1) is 16.8. The molecule has 3 aromatic rings. The lowest BCUT2D eigenvalue weighted by Gasteiger charge is -2.26. The second-order valence-corrected chi connectivity index (χ2v) is 9.38. The van der Waals surface area contributed by atoms with Gasteiger partial charge in [0.2, 0.25) is 0 Å². The molecule has 184 valence electrons. The van der Waals surface area contributed by atoms with Crippen molar-refractivity contribution in [3.05, 3.63) is 65.3 Å². The van der Waals surface area contributed by atoms with Gasteiger partial charge < -0.3 is 19.2 Å². The van der Waals surface area contributed by atoms with E-state index in [1.807, 2.05) is 28.8 Å². The number of allylic oxidation sites excluding steroid dienone is 1. The van der Waals surface area contributed by atoms with E-state index < -0.39 is 17.3 Å². The molecule has 0 saturated heterocycles. The van der Waals surface area contributed by atoms with Crippen LogP contribution in [0.3, 0.4) is 0 Å². The Labute approximate surface area is 207 Å². The van der Waals surface area contributed by atoms with Gasteiger partial charge in [-0.2, -0.15) is 0 Å². The molecule has 9 nitrogen and oxygen atoms in total. The Morgan fingerprint density at radius 2 is 2.06 bits per heavy atom. The van der Waals surface area contributed by atoms with Crippen LogP contribution in [0.25, 0.3) is 0 Å². The molecule has 0 aliphatic carbocycles. The molecule has 10 heteroatoms. The number of ether oxygens (including phenoxy) is 3. The number of nitrogens with zero attached hydrogens (tertiary/aromatic N) is 3. The highest BCUT2D eigenvalue weighted by molar-refractivity contribution is 8.00. The summed E-state index contributed by atoms with van der Waals surface area (Å²) in [7, 11) is 0. The molecule has 3 heterocycles. The summed E-state index contributed by atoms with van der Waals surface area (Å²) in [6.45, 7) is 11.9. The molecule has 35 heavy (non-hydrogen) atoms. The molecule has 0 fully saturated rings. The van der Waals surface area contributed by atoms with Crippen molar-refractivity contribution in [1.29, 1.82) is 0 Å². The number of hydrogen-bond acceptors (Lipinski definition) is 8. The van der Waals surface area contributed by atoms with Gasteiger partial charge in [-0.3, -0.25) is 9.36 Å². The third-order valence-corrected chi connectivity index (χ3v) is 6.75. The number of fused-ring (bicyclic) bond motifs is 1. The molecule has 1 aliphatic rings. The zero-order valence-electron chi connectivity index (χ0n) is 20.2. The SMILES string of the molecule is C=CCn1c(SC(C)C(=O)c2[nH]c(C)c(C(=O)OCC)c2C)nnc1C1COc2ccccc2O1. The molecular weight excluding hydrogens is 468 g/mol. The van der Waals surface area contributed by atoms with Crippen LogP contribution in [-0.2, 0) is 11.3 Å². The van der Waals surface area contributed by atoms with Crippen LogP contribution >= 0.6 is 11.8 Å². The molecule has 2 aromatic heterocycles. The third kappa shape index (κ3) is 4.84. The van der Waals surface area contributed by atoms with Gasteiger partial charge in [0, 0.05) is 12.2 Å². The fourth-order valence-electron chi connectivity index (χ4n) is 3.99. The average Bonchev–Trinajstić information content (AvgIpc) is 3.38. The maximum atomic E-state index is 13.3. The van der Waals surface area contributed by atoms with Crippen LogP contribution in [0, 0.1) is 13.8 Å². The molecule has 2 unspecified atom stereocenters. The number of benzene rings is 1. The number of carbonyl (C=O) groups is 2. The van der Waals surface area contributed by atoms with Gasteiger partial charge >= 0.3 is 5.97 Å². The minimum absolute atomic E-state index is 0.146. The van der Waals surface area contributed by atoms with Crippen molar-refractivity contribution in [3.8, 4) is 11.5 Å². The zero-order valence-corrected chi connectivity index (χ0v) is 21.0. The van der Waals surface area contributed by atoms with Gasteiger partial charge in [-0.25, -0.2) is 4.79 Å². The maximum absolute atomic E-state index is 13.3. The molecule has 0 saturated carbocycles. The monoisotopic (exact) mass is 496 g/mol. The Kier molecular flexibility index (Phi) is 7.30. The van der Waals surface area contributed by atoms with Gasteiger partial charge in [-0.1, -0.05) is 30.0 Å². The van der Waals surface area contributed by atoms with Gasteiger partial charge in [0.15, 0.2) is 34.4 Å². The molecule has 0 spiro atoms. The Hall–Kier alpha value is -3.53. The van der Waals surface area contributed by atoms with Crippen LogP contribution in [0.1, 0.15) is 57.9 Å². The minimum atomic E-state index is -0.494. The Morgan fingerprint density at radius 3 is 2.77 bits per heavy atom. The average molecular weight is 497 g/mol. The lowest BCUT2D eigenvalue weighted by Crippen LogP contribution is -2.25. The number of aromatic amines is 1. The molecule has 0 bridgehead atoms. The summed E-state index contributed by atoms with van der Waals surface area (Å²) >= 11 is 1.29. The quantitative estimate of drug-likeness (QED) is 0.200.